The van der Waals surface area contributed by atoms with Crippen molar-refractivity contribution in [3.8, 4) is 0 Å². The highest BCUT2D eigenvalue weighted by molar-refractivity contribution is 9.10. The van der Waals surface area contributed by atoms with Crippen LogP contribution in [0.3, 0.4) is 0 Å². The predicted molar refractivity (Wildman–Crippen MR) is 64.5 cm³/mol. The summed E-state index contributed by atoms with van der Waals surface area (Å²) in [7, 11) is 0. The van der Waals surface area contributed by atoms with Gasteiger partial charge in [0.25, 0.3) is 0 Å². The van der Waals surface area contributed by atoms with Crippen molar-refractivity contribution in [3.63, 3.8) is 0 Å². The van der Waals surface area contributed by atoms with Crippen LogP contribution in [0.15, 0.2) is 28.7 Å². The van der Waals surface area contributed by atoms with Crippen LogP contribution in [0.25, 0.3) is 0 Å². The van der Waals surface area contributed by atoms with E-state index in [2.05, 4.69) is 21.2 Å². The first-order valence-corrected chi connectivity index (χ1v) is 5.93. The molecule has 1 amide bonds. The highest BCUT2D eigenvalue weighted by Crippen LogP contribution is 2.23. The van der Waals surface area contributed by atoms with E-state index in [1.54, 1.807) is 0 Å². The lowest BCUT2D eigenvalue weighted by molar-refractivity contribution is 0.112. The van der Waals surface area contributed by atoms with Gasteiger partial charge in [-0.25, -0.2) is 4.79 Å². The van der Waals surface area contributed by atoms with Gasteiger partial charge in [0.2, 0.25) is 0 Å². The van der Waals surface area contributed by atoms with E-state index < -0.39 is 6.09 Å². The molecule has 0 saturated carbocycles. The van der Waals surface area contributed by atoms with E-state index >= 15 is 0 Å². The third-order valence-corrected chi connectivity index (χ3v) is 3.27. The summed E-state index contributed by atoms with van der Waals surface area (Å²) >= 11 is 3.37. The molecule has 1 fully saturated rings. The number of hydrogen-bond donors (Lipinski definition) is 2. The minimum atomic E-state index is -0.852. The number of nitrogens with one attached hydrogen (secondary N) is 1. The van der Waals surface area contributed by atoms with Crippen molar-refractivity contribution < 1.29 is 9.90 Å². The Hall–Kier alpha value is -1.07. The first-order valence-electron chi connectivity index (χ1n) is 5.14. The van der Waals surface area contributed by atoms with Crippen molar-refractivity contribution in [2.24, 2.45) is 0 Å². The molecule has 0 aliphatic carbocycles. The van der Waals surface area contributed by atoms with E-state index in [1.165, 1.54) is 4.90 Å². The summed E-state index contributed by atoms with van der Waals surface area (Å²) in [4.78, 5) is 12.6. The monoisotopic (exact) mass is 284 g/mol. The summed E-state index contributed by atoms with van der Waals surface area (Å²) in [6.07, 6.45) is -0.852. The normalized spacial score (nSPS) is 20.8. The van der Waals surface area contributed by atoms with Gasteiger partial charge < -0.3 is 10.4 Å². The molecule has 2 N–H and O–H groups in total. The molecule has 1 unspecified atom stereocenters. The average molecular weight is 285 g/mol. The van der Waals surface area contributed by atoms with Crippen LogP contribution in [-0.2, 0) is 0 Å². The van der Waals surface area contributed by atoms with Crippen LogP contribution >= 0.6 is 15.9 Å². The number of nitrogens with zero attached hydrogens (tertiary/aromatic N) is 1. The minimum Gasteiger partial charge on any atom is -0.465 e. The Morgan fingerprint density at radius 2 is 2.12 bits per heavy atom. The Kier molecular flexibility index (Phi) is 3.46. The van der Waals surface area contributed by atoms with Crippen LogP contribution in [-0.4, -0.2) is 35.7 Å². The smallest absolute Gasteiger partial charge is 0.407 e. The number of rotatable bonds is 1. The summed E-state index contributed by atoms with van der Waals surface area (Å²) in [5.41, 5.74) is 1.03. The molecule has 1 saturated heterocycles. The standard InChI is InChI=1S/C11H13BrN2O2/c12-9-3-1-8(2-4-9)10-7-13-5-6-14(10)11(15)16/h1-4,10,13H,5-7H2,(H,15,16). The molecule has 1 aromatic carbocycles. The molecule has 0 spiro atoms. The fraction of sp³-hybridized carbons (Fsp3) is 0.364. The number of hydrogen-bond acceptors (Lipinski definition) is 2. The van der Waals surface area contributed by atoms with Crippen molar-refractivity contribution in [1.29, 1.82) is 0 Å². The van der Waals surface area contributed by atoms with Gasteiger partial charge in [-0.15, -0.1) is 0 Å². The van der Waals surface area contributed by atoms with Gasteiger partial charge in [-0.2, -0.15) is 0 Å². The Morgan fingerprint density at radius 1 is 1.44 bits per heavy atom. The zero-order valence-corrected chi connectivity index (χ0v) is 10.3. The fourth-order valence-corrected chi connectivity index (χ4v) is 2.18. The molecule has 2 rings (SSSR count). The number of piperazine rings is 1. The number of halogens is 1. The Bertz CT molecular complexity index is 380. The van der Waals surface area contributed by atoms with Crippen LogP contribution in [0.5, 0.6) is 0 Å². The van der Waals surface area contributed by atoms with E-state index in [-0.39, 0.29) is 6.04 Å². The Labute approximate surface area is 102 Å². The molecule has 0 bridgehead atoms. The summed E-state index contributed by atoms with van der Waals surface area (Å²) in [6, 6.07) is 7.70. The largest absolute Gasteiger partial charge is 0.465 e. The predicted octanol–water partition coefficient (Wildman–Crippen LogP) is 2.07. The molecule has 5 heteroatoms. The van der Waals surface area contributed by atoms with E-state index in [0.717, 1.165) is 16.6 Å². The molecule has 0 radical (unpaired) electrons. The van der Waals surface area contributed by atoms with Gasteiger partial charge >= 0.3 is 6.09 Å². The second-order valence-corrected chi connectivity index (χ2v) is 4.66. The second-order valence-electron chi connectivity index (χ2n) is 3.75. The van der Waals surface area contributed by atoms with Crippen molar-refractivity contribution in [2.75, 3.05) is 19.6 Å². The van der Waals surface area contributed by atoms with E-state index in [4.69, 9.17) is 5.11 Å². The van der Waals surface area contributed by atoms with Gasteiger partial charge in [0.15, 0.2) is 0 Å². The number of carboxylic acid groups (broad SMARTS) is 1. The highest BCUT2D eigenvalue weighted by atomic mass is 79.9. The van der Waals surface area contributed by atoms with E-state index in [0.29, 0.717) is 13.1 Å². The number of amides is 1. The SMILES string of the molecule is O=C(O)N1CCNCC1c1ccc(Br)cc1. The zero-order valence-electron chi connectivity index (χ0n) is 8.69. The van der Waals surface area contributed by atoms with Gasteiger partial charge in [-0.1, -0.05) is 28.1 Å². The average Bonchev–Trinajstić information content (AvgIpc) is 2.30. The Balaban J connectivity index is 2.23. The van der Waals surface area contributed by atoms with Crippen molar-refractivity contribution in [3.05, 3.63) is 34.3 Å². The Morgan fingerprint density at radius 3 is 2.75 bits per heavy atom. The molecule has 86 valence electrons. The van der Waals surface area contributed by atoms with Gasteiger partial charge in [-0.05, 0) is 17.7 Å². The van der Waals surface area contributed by atoms with E-state index in [9.17, 15) is 4.79 Å². The first-order chi connectivity index (χ1) is 7.68. The molecule has 4 nitrogen and oxygen atoms in total. The van der Waals surface area contributed by atoms with Crippen molar-refractivity contribution in [2.45, 2.75) is 6.04 Å². The summed E-state index contributed by atoms with van der Waals surface area (Å²) in [5, 5.41) is 12.3. The molecular weight excluding hydrogens is 272 g/mol. The number of carbonyl (C=O) groups is 1. The molecule has 1 heterocycles. The van der Waals surface area contributed by atoms with Gasteiger partial charge in [0, 0.05) is 24.1 Å². The van der Waals surface area contributed by atoms with Crippen LogP contribution in [0.1, 0.15) is 11.6 Å². The molecule has 1 aliphatic rings. The van der Waals surface area contributed by atoms with Gasteiger partial charge in [-0.3, -0.25) is 4.90 Å². The molecule has 1 aliphatic heterocycles. The fourth-order valence-electron chi connectivity index (χ4n) is 1.92. The number of benzene rings is 1. The third-order valence-electron chi connectivity index (χ3n) is 2.74. The quantitative estimate of drug-likeness (QED) is 0.830. The van der Waals surface area contributed by atoms with E-state index in [1.807, 2.05) is 24.3 Å². The lowest BCUT2D eigenvalue weighted by Crippen LogP contribution is -2.48. The summed E-state index contributed by atoms with van der Waals surface area (Å²) < 4.78 is 1.00. The second kappa shape index (κ2) is 4.84. The molecule has 1 atom stereocenters. The summed E-state index contributed by atoms with van der Waals surface area (Å²) in [6.45, 7) is 1.93. The molecule has 0 aromatic heterocycles. The maximum Gasteiger partial charge on any atom is 0.407 e. The highest BCUT2D eigenvalue weighted by Gasteiger charge is 2.27. The summed E-state index contributed by atoms with van der Waals surface area (Å²) in [5.74, 6) is 0. The lowest BCUT2D eigenvalue weighted by Gasteiger charge is -2.34. The van der Waals surface area contributed by atoms with Gasteiger partial charge in [0.1, 0.15) is 0 Å². The van der Waals surface area contributed by atoms with Crippen molar-refractivity contribution in [1.82, 2.24) is 10.2 Å². The van der Waals surface area contributed by atoms with Crippen LogP contribution in [0.4, 0.5) is 4.79 Å². The molecule has 1 aromatic rings. The van der Waals surface area contributed by atoms with Crippen LogP contribution < -0.4 is 5.32 Å². The van der Waals surface area contributed by atoms with Crippen LogP contribution in [0.2, 0.25) is 0 Å². The lowest BCUT2D eigenvalue weighted by atomic mass is 10.0. The zero-order chi connectivity index (χ0) is 11.5. The molecule has 16 heavy (non-hydrogen) atoms. The van der Waals surface area contributed by atoms with Gasteiger partial charge in [0.05, 0.1) is 6.04 Å². The maximum atomic E-state index is 11.1. The van der Waals surface area contributed by atoms with Crippen LogP contribution in [0, 0.1) is 0 Å². The first kappa shape index (κ1) is 11.4. The third kappa shape index (κ3) is 2.36. The van der Waals surface area contributed by atoms with Crippen molar-refractivity contribution >= 4 is 22.0 Å². The minimum absolute atomic E-state index is 0.0839. The molecular formula is C11H13BrN2O2. The maximum absolute atomic E-state index is 11.1. The topological polar surface area (TPSA) is 52.6 Å².